The summed E-state index contributed by atoms with van der Waals surface area (Å²) in [5.41, 5.74) is 4.88. The SMILES string of the molecule is CCCCc1cn(C2CCCCCC2O)c(=O)n1Cc1cnccc1-c1ccc(-c2nn[nH]n2)cc1. The molecule has 0 radical (unpaired) electrons. The molecule has 3 heterocycles. The number of nitrogens with zero attached hydrogens (tertiary/aromatic N) is 6. The number of imidazole rings is 1. The maximum Gasteiger partial charge on any atom is 0.329 e. The molecule has 0 saturated heterocycles. The first-order valence-electron chi connectivity index (χ1n) is 12.9. The number of pyridine rings is 1. The maximum absolute atomic E-state index is 13.7. The van der Waals surface area contributed by atoms with Crippen LogP contribution in [0.2, 0.25) is 0 Å². The summed E-state index contributed by atoms with van der Waals surface area (Å²) >= 11 is 0. The molecule has 1 fully saturated rings. The average molecular weight is 488 g/mol. The smallest absolute Gasteiger partial charge is 0.329 e. The molecule has 0 spiro atoms. The summed E-state index contributed by atoms with van der Waals surface area (Å²) in [7, 11) is 0. The number of aryl methyl sites for hydroxylation is 1. The van der Waals surface area contributed by atoms with E-state index in [1.165, 1.54) is 0 Å². The van der Waals surface area contributed by atoms with Gasteiger partial charge in [-0.15, -0.1) is 10.2 Å². The second-order valence-electron chi connectivity index (χ2n) is 9.62. The topological polar surface area (TPSA) is 115 Å². The van der Waals surface area contributed by atoms with Crippen LogP contribution in [0.3, 0.4) is 0 Å². The summed E-state index contributed by atoms with van der Waals surface area (Å²) < 4.78 is 3.68. The number of aromatic amines is 1. The van der Waals surface area contributed by atoms with Crippen LogP contribution in [-0.2, 0) is 13.0 Å². The van der Waals surface area contributed by atoms with Gasteiger partial charge in [-0.25, -0.2) is 4.79 Å². The second-order valence-corrected chi connectivity index (χ2v) is 9.62. The zero-order valence-corrected chi connectivity index (χ0v) is 20.7. The highest BCUT2D eigenvalue weighted by molar-refractivity contribution is 5.69. The number of tetrazole rings is 1. The van der Waals surface area contributed by atoms with Crippen LogP contribution in [0.15, 0.2) is 53.7 Å². The Morgan fingerprint density at radius 2 is 1.89 bits per heavy atom. The predicted octanol–water partition coefficient (Wildman–Crippen LogP) is 4.15. The molecule has 4 aromatic rings. The number of aromatic nitrogens is 7. The monoisotopic (exact) mass is 487 g/mol. The van der Waals surface area contributed by atoms with Gasteiger partial charge in [-0.2, -0.15) is 5.21 Å². The van der Waals surface area contributed by atoms with Gasteiger partial charge in [0, 0.05) is 29.8 Å². The Hall–Kier alpha value is -3.59. The average Bonchev–Trinajstić information content (AvgIpc) is 3.49. The van der Waals surface area contributed by atoms with Gasteiger partial charge in [-0.1, -0.05) is 56.9 Å². The standard InChI is InChI=1S/C27H33N7O2/c1-2-3-7-22-18-34(24-8-5-4-6-9-25(24)35)27(36)33(22)17-21-16-28-15-14-23(21)19-10-12-20(13-11-19)26-29-31-32-30-26/h10-16,18,24-25,35H,2-9,17H2,1H3,(H,29,30,31,32). The van der Waals surface area contributed by atoms with Gasteiger partial charge in [0.25, 0.3) is 0 Å². The number of nitrogens with one attached hydrogen (secondary N) is 1. The van der Waals surface area contributed by atoms with Crippen LogP contribution in [0.5, 0.6) is 0 Å². The molecule has 3 aromatic heterocycles. The molecule has 188 valence electrons. The summed E-state index contributed by atoms with van der Waals surface area (Å²) in [4.78, 5) is 18.1. The molecule has 9 heteroatoms. The molecule has 9 nitrogen and oxygen atoms in total. The number of hydrogen-bond acceptors (Lipinski definition) is 6. The minimum absolute atomic E-state index is 0.0469. The summed E-state index contributed by atoms with van der Waals surface area (Å²) in [5, 5.41) is 25.0. The number of rotatable bonds is 8. The van der Waals surface area contributed by atoms with E-state index in [4.69, 9.17) is 0 Å². The molecule has 1 aliphatic rings. The van der Waals surface area contributed by atoms with Gasteiger partial charge in [-0.05, 0) is 53.7 Å². The molecule has 0 aliphatic heterocycles. The van der Waals surface area contributed by atoms with Crippen LogP contribution in [0, 0.1) is 0 Å². The summed E-state index contributed by atoms with van der Waals surface area (Å²) in [6.07, 6.45) is 12.8. The normalized spacial score (nSPS) is 18.3. The molecule has 5 rings (SSSR count). The zero-order valence-electron chi connectivity index (χ0n) is 20.7. The quantitative estimate of drug-likeness (QED) is 0.361. The molecule has 1 saturated carbocycles. The number of unbranched alkanes of at least 4 members (excludes halogenated alkanes) is 1. The van der Waals surface area contributed by atoms with Crippen LogP contribution >= 0.6 is 0 Å². The van der Waals surface area contributed by atoms with Gasteiger partial charge >= 0.3 is 5.69 Å². The van der Waals surface area contributed by atoms with Crippen molar-refractivity contribution < 1.29 is 5.11 Å². The van der Waals surface area contributed by atoms with E-state index in [1.54, 1.807) is 10.8 Å². The van der Waals surface area contributed by atoms with E-state index < -0.39 is 6.10 Å². The fourth-order valence-corrected chi connectivity index (χ4v) is 5.19. The molecule has 2 atom stereocenters. The third-order valence-electron chi connectivity index (χ3n) is 7.21. The van der Waals surface area contributed by atoms with E-state index in [9.17, 15) is 9.90 Å². The van der Waals surface area contributed by atoms with Gasteiger partial charge in [0.2, 0.25) is 5.82 Å². The third-order valence-corrected chi connectivity index (χ3v) is 7.21. The van der Waals surface area contributed by atoms with Crippen LogP contribution in [0.1, 0.15) is 69.2 Å². The molecular weight excluding hydrogens is 454 g/mol. The van der Waals surface area contributed by atoms with Gasteiger partial charge < -0.3 is 5.11 Å². The van der Waals surface area contributed by atoms with Crippen molar-refractivity contribution >= 4 is 0 Å². The molecule has 36 heavy (non-hydrogen) atoms. The van der Waals surface area contributed by atoms with Crippen molar-refractivity contribution in [2.24, 2.45) is 0 Å². The second kappa shape index (κ2) is 11.0. The van der Waals surface area contributed by atoms with E-state index in [-0.39, 0.29) is 11.7 Å². The lowest BCUT2D eigenvalue weighted by Crippen LogP contribution is -2.33. The Labute approximate surface area is 210 Å². The molecule has 1 aliphatic carbocycles. The largest absolute Gasteiger partial charge is 0.391 e. The van der Waals surface area contributed by atoms with Crippen molar-refractivity contribution in [3.8, 4) is 22.5 Å². The molecular formula is C27H33N7O2. The van der Waals surface area contributed by atoms with Crippen molar-refractivity contribution in [1.29, 1.82) is 0 Å². The lowest BCUT2D eigenvalue weighted by molar-refractivity contribution is 0.103. The Morgan fingerprint density at radius 3 is 2.67 bits per heavy atom. The first kappa shape index (κ1) is 24.1. The fourth-order valence-electron chi connectivity index (χ4n) is 5.19. The molecule has 1 aromatic carbocycles. The number of aliphatic hydroxyl groups excluding tert-OH is 1. The summed E-state index contributed by atoms with van der Waals surface area (Å²) in [6.45, 7) is 2.59. The van der Waals surface area contributed by atoms with Gasteiger partial charge in [-0.3, -0.25) is 14.1 Å². The van der Waals surface area contributed by atoms with E-state index in [2.05, 4.69) is 32.5 Å². The van der Waals surface area contributed by atoms with E-state index in [0.29, 0.717) is 12.4 Å². The minimum atomic E-state index is -0.480. The molecule has 0 bridgehead atoms. The van der Waals surface area contributed by atoms with Crippen LogP contribution in [-0.4, -0.2) is 46.0 Å². The third kappa shape index (κ3) is 5.02. The maximum atomic E-state index is 13.7. The first-order valence-corrected chi connectivity index (χ1v) is 12.9. The number of benzene rings is 1. The Bertz CT molecular complexity index is 1330. The van der Waals surface area contributed by atoms with Crippen molar-refractivity contribution in [2.45, 2.75) is 77.0 Å². The van der Waals surface area contributed by atoms with Gasteiger partial charge in [0.05, 0.1) is 18.7 Å². The fraction of sp³-hybridized carbons (Fsp3) is 0.444. The van der Waals surface area contributed by atoms with Crippen molar-refractivity contribution in [3.05, 3.63) is 70.7 Å². The van der Waals surface area contributed by atoms with Crippen molar-refractivity contribution in [3.63, 3.8) is 0 Å². The lowest BCUT2D eigenvalue weighted by Gasteiger charge is -2.21. The summed E-state index contributed by atoms with van der Waals surface area (Å²) in [5.74, 6) is 0.547. The van der Waals surface area contributed by atoms with Crippen molar-refractivity contribution in [1.82, 2.24) is 34.7 Å². The van der Waals surface area contributed by atoms with E-state index in [1.807, 2.05) is 47.3 Å². The van der Waals surface area contributed by atoms with Crippen LogP contribution in [0.25, 0.3) is 22.5 Å². The zero-order chi connectivity index (χ0) is 24.9. The van der Waals surface area contributed by atoms with Gasteiger partial charge in [0.15, 0.2) is 0 Å². The highest BCUT2D eigenvalue weighted by Crippen LogP contribution is 2.29. The van der Waals surface area contributed by atoms with Crippen LogP contribution < -0.4 is 5.69 Å². The molecule has 2 N–H and O–H groups in total. The van der Waals surface area contributed by atoms with Gasteiger partial charge in [0.1, 0.15) is 0 Å². The number of aliphatic hydroxyl groups is 1. The number of hydrogen-bond donors (Lipinski definition) is 2. The van der Waals surface area contributed by atoms with E-state index >= 15 is 0 Å². The Kier molecular flexibility index (Phi) is 7.36. The molecule has 2 unspecified atom stereocenters. The lowest BCUT2D eigenvalue weighted by atomic mass is 10.00. The Morgan fingerprint density at radius 1 is 1.08 bits per heavy atom. The van der Waals surface area contributed by atoms with E-state index in [0.717, 1.165) is 79.3 Å². The predicted molar refractivity (Wildman–Crippen MR) is 137 cm³/mol. The first-order chi connectivity index (χ1) is 17.7. The molecule has 0 amide bonds. The van der Waals surface area contributed by atoms with Crippen LogP contribution in [0.4, 0.5) is 0 Å². The van der Waals surface area contributed by atoms with Crippen molar-refractivity contribution in [2.75, 3.05) is 0 Å². The summed E-state index contributed by atoms with van der Waals surface area (Å²) in [6, 6.07) is 9.81. The Balaban J connectivity index is 1.49. The highest BCUT2D eigenvalue weighted by atomic mass is 16.3. The number of H-pyrrole nitrogens is 1. The minimum Gasteiger partial charge on any atom is -0.391 e. The highest BCUT2D eigenvalue weighted by Gasteiger charge is 2.26.